The summed E-state index contributed by atoms with van der Waals surface area (Å²) in [6, 6.07) is 0. The number of hydrogen-bond acceptors (Lipinski definition) is 1. The van der Waals surface area contributed by atoms with Crippen molar-refractivity contribution < 1.29 is 20.7 Å². The SMILES string of the molecule is O=P(O)(O)O.[H+].[Mg+2].[Mg+2]. The summed E-state index contributed by atoms with van der Waals surface area (Å²) in [6.45, 7) is 0. The predicted molar refractivity (Wildman–Crippen MR) is 26.9 cm³/mol. The summed E-state index contributed by atoms with van der Waals surface area (Å²) < 4.78 is 8.88. The van der Waals surface area contributed by atoms with Crippen molar-refractivity contribution in [1.82, 2.24) is 0 Å². The average molecular weight is 148 g/mol. The molecule has 32 valence electrons. The molecule has 0 atom stereocenters. The molecule has 0 aromatic carbocycles. The van der Waals surface area contributed by atoms with Gasteiger partial charge in [-0.15, -0.1) is 0 Å². The van der Waals surface area contributed by atoms with Crippen LogP contribution in [0, 0.1) is 0 Å². The van der Waals surface area contributed by atoms with Gasteiger partial charge in [0, 0.05) is 0 Å². The van der Waals surface area contributed by atoms with Crippen LogP contribution in [0.4, 0.5) is 0 Å². The Bertz CT molecular complexity index is 60.2. The maximum atomic E-state index is 8.88. The molecular weight excluding hydrogens is 144 g/mol. The minimum Gasteiger partial charge on any atom is -0.303 e. The molecule has 7 heteroatoms. The Morgan fingerprint density at radius 2 is 1.14 bits per heavy atom. The molecule has 0 fully saturated rings. The van der Waals surface area contributed by atoms with Crippen molar-refractivity contribution in [1.29, 1.82) is 0 Å². The van der Waals surface area contributed by atoms with Crippen LogP contribution in [0.2, 0.25) is 0 Å². The van der Waals surface area contributed by atoms with E-state index in [0.717, 1.165) is 0 Å². The van der Waals surface area contributed by atoms with Crippen LogP contribution < -0.4 is 0 Å². The van der Waals surface area contributed by atoms with Gasteiger partial charge in [-0.05, 0) is 0 Å². The van der Waals surface area contributed by atoms with Crippen LogP contribution in [0.3, 0.4) is 0 Å². The van der Waals surface area contributed by atoms with Crippen molar-refractivity contribution in [2.75, 3.05) is 0 Å². The molecule has 0 aliphatic carbocycles. The monoisotopic (exact) mass is 147 g/mol. The van der Waals surface area contributed by atoms with Crippen LogP contribution in [0.5, 0.6) is 0 Å². The molecule has 0 aromatic heterocycles. The van der Waals surface area contributed by atoms with E-state index < -0.39 is 7.82 Å². The van der Waals surface area contributed by atoms with E-state index in [4.69, 9.17) is 19.2 Å². The molecule has 3 N–H and O–H groups in total. The van der Waals surface area contributed by atoms with Gasteiger partial charge in [0.2, 0.25) is 0 Å². The summed E-state index contributed by atoms with van der Waals surface area (Å²) >= 11 is 0. The molecule has 0 amide bonds. The molecule has 0 saturated heterocycles. The normalized spacial score (nSPS) is 8.43. The Kier molecular flexibility index (Phi) is 13.1. The van der Waals surface area contributed by atoms with Gasteiger partial charge in [-0.3, -0.25) is 0 Å². The van der Waals surface area contributed by atoms with Gasteiger partial charge in [0.05, 0.1) is 0 Å². The summed E-state index contributed by atoms with van der Waals surface area (Å²) in [4.78, 5) is 21.6. The van der Waals surface area contributed by atoms with Crippen LogP contribution >= 0.6 is 7.82 Å². The molecular formula is H4Mg2O4P+5. The molecule has 0 bridgehead atoms. The number of rotatable bonds is 0. The molecule has 7 heavy (non-hydrogen) atoms. The first kappa shape index (κ1) is 15.9. The van der Waals surface area contributed by atoms with Crippen LogP contribution in [-0.4, -0.2) is 60.8 Å². The zero-order valence-corrected chi connectivity index (χ0v) is 7.33. The van der Waals surface area contributed by atoms with Crippen LogP contribution in [0.15, 0.2) is 0 Å². The van der Waals surface area contributed by atoms with Gasteiger partial charge in [-0.1, -0.05) is 0 Å². The van der Waals surface area contributed by atoms with Crippen molar-refractivity contribution in [3.05, 3.63) is 0 Å². The first-order valence-electron chi connectivity index (χ1n) is 0.783. The summed E-state index contributed by atoms with van der Waals surface area (Å²) in [5.41, 5.74) is 0. The van der Waals surface area contributed by atoms with Gasteiger partial charge in [-0.2, -0.15) is 0 Å². The topological polar surface area (TPSA) is 77.8 Å². The molecule has 0 aromatic rings. The first-order chi connectivity index (χ1) is 2.00. The molecule has 0 saturated carbocycles. The standard InChI is InChI=1S/2Mg.H3O4P/c;;1-5(2,3)4/h;;(H3,1,2,3,4)/q2*+2;/p+1. The van der Waals surface area contributed by atoms with Crippen molar-refractivity contribution in [2.45, 2.75) is 0 Å². The second-order valence-corrected chi connectivity index (χ2v) is 1.54. The summed E-state index contributed by atoms with van der Waals surface area (Å²) in [6.07, 6.45) is 0. The minimum absolute atomic E-state index is 0. The second kappa shape index (κ2) is 5.77. The van der Waals surface area contributed by atoms with E-state index >= 15 is 0 Å². The Balaban J connectivity index is -0.0000000267. The zero-order valence-electron chi connectivity index (χ0n) is 4.61. The molecule has 0 unspecified atom stereocenters. The first-order valence-corrected chi connectivity index (χ1v) is 2.35. The smallest absolute Gasteiger partial charge is 0.303 e. The third kappa shape index (κ3) is 90.2. The van der Waals surface area contributed by atoms with Gasteiger partial charge in [0.15, 0.2) is 0 Å². The third-order valence-electron chi connectivity index (χ3n) is 0. The maximum absolute atomic E-state index is 8.88. The van der Waals surface area contributed by atoms with E-state index in [-0.39, 0.29) is 47.5 Å². The van der Waals surface area contributed by atoms with Crippen LogP contribution in [0.25, 0.3) is 0 Å². The van der Waals surface area contributed by atoms with E-state index in [1.807, 2.05) is 0 Å². The summed E-state index contributed by atoms with van der Waals surface area (Å²) in [5, 5.41) is 0. The maximum Gasteiger partial charge on any atom is 2.00 e. The summed E-state index contributed by atoms with van der Waals surface area (Å²) in [5.74, 6) is 0. The minimum atomic E-state index is -4.64. The second-order valence-electron chi connectivity index (χ2n) is 0.513. The Morgan fingerprint density at radius 3 is 1.14 bits per heavy atom. The van der Waals surface area contributed by atoms with E-state index in [2.05, 4.69) is 0 Å². The Labute approximate surface area is 74.3 Å². The van der Waals surface area contributed by atoms with Gasteiger partial charge in [-0.25, -0.2) is 4.57 Å². The molecule has 0 rings (SSSR count). The molecule has 0 radical (unpaired) electrons. The van der Waals surface area contributed by atoms with Crippen molar-refractivity contribution >= 4 is 53.9 Å². The number of phosphoric acid groups is 1. The van der Waals surface area contributed by atoms with E-state index in [1.165, 1.54) is 0 Å². The largest absolute Gasteiger partial charge is 2.00 e. The molecule has 0 spiro atoms. The average Bonchev–Trinajstić information content (AvgIpc) is 0.722. The fourth-order valence-electron chi connectivity index (χ4n) is 0. The van der Waals surface area contributed by atoms with Gasteiger partial charge in [0.1, 0.15) is 0 Å². The molecule has 0 heterocycles. The van der Waals surface area contributed by atoms with Crippen LogP contribution in [-0.2, 0) is 4.57 Å². The van der Waals surface area contributed by atoms with E-state index in [1.54, 1.807) is 0 Å². The molecule has 0 aliphatic heterocycles. The third-order valence-corrected chi connectivity index (χ3v) is 0. The van der Waals surface area contributed by atoms with Gasteiger partial charge >= 0.3 is 55.4 Å². The predicted octanol–water partition coefficient (Wildman–Crippen LogP) is -1.58. The van der Waals surface area contributed by atoms with E-state index in [0.29, 0.717) is 0 Å². The van der Waals surface area contributed by atoms with Crippen molar-refractivity contribution in [3.63, 3.8) is 0 Å². The molecule has 4 nitrogen and oxygen atoms in total. The summed E-state index contributed by atoms with van der Waals surface area (Å²) in [7, 11) is -4.64. The van der Waals surface area contributed by atoms with Crippen molar-refractivity contribution in [2.24, 2.45) is 0 Å². The van der Waals surface area contributed by atoms with Gasteiger partial charge in [0.25, 0.3) is 0 Å². The van der Waals surface area contributed by atoms with Crippen molar-refractivity contribution in [3.8, 4) is 0 Å². The zero-order chi connectivity index (χ0) is 4.50. The van der Waals surface area contributed by atoms with E-state index in [9.17, 15) is 0 Å². The van der Waals surface area contributed by atoms with Crippen LogP contribution in [0.1, 0.15) is 1.43 Å². The molecule has 0 aliphatic rings. The number of hydrogen-bond donors (Lipinski definition) is 3. The Hall–Kier alpha value is 1.64. The fraction of sp³-hybridized carbons (Fsp3) is 0. The quantitative estimate of drug-likeness (QED) is 0.286. The fourth-order valence-corrected chi connectivity index (χ4v) is 0. The van der Waals surface area contributed by atoms with Gasteiger partial charge < -0.3 is 14.7 Å². The Morgan fingerprint density at radius 1 is 1.14 bits per heavy atom.